The number of aliphatic hydroxyl groups is 1. The molecule has 0 atom stereocenters. The van der Waals surface area contributed by atoms with Gasteiger partial charge < -0.3 is 14.3 Å². The molecule has 0 saturated carbocycles. The Kier molecular flexibility index (Phi) is 5.73. The Labute approximate surface area is 146 Å². The lowest BCUT2D eigenvalue weighted by Gasteiger charge is -2.37. The summed E-state index contributed by atoms with van der Waals surface area (Å²) in [5, 5.41) is 9.82. The first-order valence-corrected chi connectivity index (χ1v) is 11.2. The summed E-state index contributed by atoms with van der Waals surface area (Å²) in [4.78, 5) is 0. The van der Waals surface area contributed by atoms with E-state index in [1.165, 1.54) is 0 Å². The van der Waals surface area contributed by atoms with Crippen LogP contribution in [0.15, 0.2) is 48.5 Å². The zero-order valence-electron chi connectivity index (χ0n) is 15.3. The Morgan fingerprint density at radius 2 is 1.67 bits per heavy atom. The van der Waals surface area contributed by atoms with Crippen molar-refractivity contribution in [3.63, 3.8) is 0 Å². The summed E-state index contributed by atoms with van der Waals surface area (Å²) in [5.74, 6) is 1.50. The third-order valence-corrected chi connectivity index (χ3v) is 8.96. The van der Waals surface area contributed by atoms with E-state index in [-0.39, 0.29) is 11.6 Å². The first-order valence-electron chi connectivity index (χ1n) is 8.32. The number of benzene rings is 2. The van der Waals surface area contributed by atoms with Crippen molar-refractivity contribution in [3.8, 4) is 11.5 Å². The van der Waals surface area contributed by atoms with Gasteiger partial charge in [0.2, 0.25) is 8.32 Å². The Morgan fingerprint density at radius 3 is 2.25 bits per heavy atom. The molecule has 0 bridgehead atoms. The molecule has 2 rings (SSSR count). The van der Waals surface area contributed by atoms with Gasteiger partial charge in [0.1, 0.15) is 18.1 Å². The highest BCUT2D eigenvalue weighted by Gasteiger charge is 2.39. The fourth-order valence-electron chi connectivity index (χ4n) is 2.04. The van der Waals surface area contributed by atoms with E-state index in [1.54, 1.807) is 0 Å². The minimum absolute atomic E-state index is 0.0630. The molecule has 0 heterocycles. The molecule has 2 aromatic rings. The fraction of sp³-hybridized carbons (Fsp3) is 0.400. The van der Waals surface area contributed by atoms with E-state index in [1.807, 2.05) is 48.5 Å². The average molecular weight is 345 g/mol. The molecule has 0 aromatic heterocycles. The van der Waals surface area contributed by atoms with Crippen LogP contribution in [0.1, 0.15) is 31.9 Å². The molecule has 0 aliphatic carbocycles. The third kappa shape index (κ3) is 4.62. The van der Waals surface area contributed by atoms with Crippen LogP contribution in [0.2, 0.25) is 18.1 Å². The molecule has 0 amide bonds. The molecular formula is C20H28O3Si. The van der Waals surface area contributed by atoms with Crippen molar-refractivity contribution in [2.75, 3.05) is 0 Å². The van der Waals surface area contributed by atoms with E-state index in [2.05, 4.69) is 33.9 Å². The molecule has 0 saturated heterocycles. The van der Waals surface area contributed by atoms with Crippen molar-refractivity contribution in [3.05, 3.63) is 59.7 Å². The summed E-state index contributed by atoms with van der Waals surface area (Å²) in [6.07, 6.45) is 0. The van der Waals surface area contributed by atoms with Crippen LogP contribution >= 0.6 is 0 Å². The standard InChI is InChI=1S/C20H28O3Si/c1-20(2,3)24(4,5)23-19-12-11-18(13-17(19)14-21)22-15-16-9-7-6-8-10-16/h6-13,21H,14-15H2,1-5H3. The number of hydrogen-bond donors (Lipinski definition) is 1. The Morgan fingerprint density at radius 1 is 1.00 bits per heavy atom. The molecule has 4 heteroatoms. The zero-order valence-corrected chi connectivity index (χ0v) is 16.3. The van der Waals surface area contributed by atoms with Gasteiger partial charge in [0.25, 0.3) is 0 Å². The minimum Gasteiger partial charge on any atom is -0.543 e. The van der Waals surface area contributed by atoms with Crippen LogP contribution in [-0.2, 0) is 13.2 Å². The van der Waals surface area contributed by atoms with Crippen LogP contribution in [0, 0.1) is 0 Å². The Balaban J connectivity index is 2.13. The van der Waals surface area contributed by atoms with Gasteiger partial charge in [-0.05, 0) is 41.9 Å². The van der Waals surface area contributed by atoms with Gasteiger partial charge in [-0.25, -0.2) is 0 Å². The maximum absolute atomic E-state index is 9.71. The van der Waals surface area contributed by atoms with Crippen LogP contribution < -0.4 is 9.16 Å². The summed E-state index contributed by atoms with van der Waals surface area (Å²) < 4.78 is 12.2. The minimum atomic E-state index is -1.93. The number of ether oxygens (including phenoxy) is 1. The molecule has 0 fully saturated rings. The third-order valence-electron chi connectivity index (χ3n) is 4.62. The lowest BCUT2D eigenvalue weighted by atomic mass is 10.2. The highest BCUT2D eigenvalue weighted by atomic mass is 28.4. The number of rotatable bonds is 6. The second kappa shape index (κ2) is 7.41. The van der Waals surface area contributed by atoms with E-state index < -0.39 is 8.32 Å². The van der Waals surface area contributed by atoms with Crippen LogP contribution in [0.3, 0.4) is 0 Å². The largest absolute Gasteiger partial charge is 0.543 e. The van der Waals surface area contributed by atoms with E-state index in [0.717, 1.165) is 22.6 Å². The number of hydrogen-bond acceptors (Lipinski definition) is 3. The summed E-state index contributed by atoms with van der Waals surface area (Å²) >= 11 is 0. The summed E-state index contributed by atoms with van der Waals surface area (Å²) in [6.45, 7) is 11.5. The van der Waals surface area contributed by atoms with Crippen molar-refractivity contribution in [1.29, 1.82) is 0 Å². The molecule has 130 valence electrons. The predicted octanol–water partition coefficient (Wildman–Crippen LogP) is 5.14. The predicted molar refractivity (Wildman–Crippen MR) is 101 cm³/mol. The second-order valence-corrected chi connectivity index (χ2v) is 12.3. The molecule has 0 unspecified atom stereocenters. The molecule has 0 radical (unpaired) electrons. The highest BCUT2D eigenvalue weighted by Crippen LogP contribution is 2.38. The van der Waals surface area contributed by atoms with Gasteiger partial charge in [-0.1, -0.05) is 51.1 Å². The summed E-state index contributed by atoms with van der Waals surface area (Å²) in [5.41, 5.74) is 1.88. The van der Waals surface area contributed by atoms with Crippen molar-refractivity contribution >= 4 is 8.32 Å². The maximum atomic E-state index is 9.71. The highest BCUT2D eigenvalue weighted by molar-refractivity contribution is 6.74. The van der Waals surface area contributed by atoms with E-state index in [9.17, 15) is 5.11 Å². The molecule has 24 heavy (non-hydrogen) atoms. The smallest absolute Gasteiger partial charge is 0.250 e. The number of aliphatic hydroxyl groups excluding tert-OH is 1. The van der Waals surface area contributed by atoms with Gasteiger partial charge in [0, 0.05) is 5.56 Å². The average Bonchev–Trinajstić information content (AvgIpc) is 2.53. The zero-order chi connectivity index (χ0) is 17.8. The van der Waals surface area contributed by atoms with Crippen LogP contribution in [-0.4, -0.2) is 13.4 Å². The molecule has 3 nitrogen and oxygen atoms in total. The first-order chi connectivity index (χ1) is 11.2. The van der Waals surface area contributed by atoms with Crippen molar-refractivity contribution < 1.29 is 14.3 Å². The van der Waals surface area contributed by atoms with Gasteiger partial charge in [0.05, 0.1) is 6.61 Å². The molecular weight excluding hydrogens is 316 g/mol. The van der Waals surface area contributed by atoms with Crippen LogP contribution in [0.25, 0.3) is 0 Å². The van der Waals surface area contributed by atoms with Gasteiger partial charge >= 0.3 is 0 Å². The quantitative estimate of drug-likeness (QED) is 0.737. The molecule has 0 aliphatic heterocycles. The maximum Gasteiger partial charge on any atom is 0.250 e. The summed E-state index contributed by atoms with van der Waals surface area (Å²) in [6, 6.07) is 15.7. The van der Waals surface area contributed by atoms with Crippen LogP contribution in [0.5, 0.6) is 11.5 Å². The SMILES string of the molecule is CC(C)(C)[Si](C)(C)Oc1ccc(OCc2ccccc2)cc1CO. The molecule has 1 N–H and O–H groups in total. The fourth-order valence-corrected chi connectivity index (χ4v) is 3.09. The monoisotopic (exact) mass is 344 g/mol. The lowest BCUT2D eigenvalue weighted by Crippen LogP contribution is -2.44. The van der Waals surface area contributed by atoms with Gasteiger partial charge in [-0.15, -0.1) is 0 Å². The van der Waals surface area contributed by atoms with Gasteiger partial charge in [-0.3, -0.25) is 0 Å². The molecule has 0 spiro atoms. The van der Waals surface area contributed by atoms with E-state index in [0.29, 0.717) is 6.61 Å². The van der Waals surface area contributed by atoms with E-state index in [4.69, 9.17) is 9.16 Å². The van der Waals surface area contributed by atoms with Crippen molar-refractivity contribution in [2.24, 2.45) is 0 Å². The Hall–Kier alpha value is -1.78. The van der Waals surface area contributed by atoms with Gasteiger partial charge in [0.15, 0.2) is 0 Å². The van der Waals surface area contributed by atoms with Gasteiger partial charge in [-0.2, -0.15) is 0 Å². The molecule has 0 aliphatic rings. The van der Waals surface area contributed by atoms with E-state index >= 15 is 0 Å². The van der Waals surface area contributed by atoms with Crippen molar-refractivity contribution in [2.45, 2.75) is 52.1 Å². The summed E-state index contributed by atoms with van der Waals surface area (Å²) in [7, 11) is -1.93. The molecule has 2 aromatic carbocycles. The normalized spacial score (nSPS) is 12.1. The van der Waals surface area contributed by atoms with Crippen LogP contribution in [0.4, 0.5) is 0 Å². The first kappa shape index (κ1) is 18.6. The van der Waals surface area contributed by atoms with Crippen molar-refractivity contribution in [1.82, 2.24) is 0 Å². The Bertz CT molecular complexity index is 660. The lowest BCUT2D eigenvalue weighted by molar-refractivity contribution is 0.273. The topological polar surface area (TPSA) is 38.7 Å². The second-order valence-electron chi connectivity index (χ2n) is 7.56.